The number of anilines is 3. The molecule has 0 bridgehead atoms. The Morgan fingerprint density at radius 3 is 2.22 bits per heavy atom. The van der Waals surface area contributed by atoms with Crippen LogP contribution < -0.4 is 10.6 Å². The van der Waals surface area contributed by atoms with Gasteiger partial charge in [-0.3, -0.25) is 0 Å². The van der Waals surface area contributed by atoms with E-state index in [0.717, 1.165) is 17.2 Å². The molecule has 23 heavy (non-hydrogen) atoms. The van der Waals surface area contributed by atoms with E-state index in [4.69, 9.17) is 23.2 Å². The second kappa shape index (κ2) is 6.17. The Hall–Kier alpha value is -1.52. The first-order valence-corrected chi connectivity index (χ1v) is 8.44. The van der Waals surface area contributed by atoms with Gasteiger partial charge in [-0.25, -0.2) is 4.98 Å². The molecule has 6 heteroatoms. The lowest BCUT2D eigenvalue weighted by Gasteiger charge is -2.21. The van der Waals surface area contributed by atoms with E-state index in [1.54, 1.807) is 6.07 Å². The first kappa shape index (κ1) is 16.3. The highest BCUT2D eigenvalue weighted by Gasteiger charge is 2.26. The smallest absolute Gasteiger partial charge is 0.225 e. The molecule has 1 aliphatic carbocycles. The van der Waals surface area contributed by atoms with Crippen LogP contribution in [0.3, 0.4) is 0 Å². The summed E-state index contributed by atoms with van der Waals surface area (Å²) in [4.78, 5) is 9.21. The summed E-state index contributed by atoms with van der Waals surface area (Å²) in [5.74, 6) is 1.92. The van der Waals surface area contributed by atoms with E-state index >= 15 is 0 Å². The molecule has 4 nitrogen and oxygen atoms in total. The SMILES string of the molecule is CC(C)(C)Nc1nc(Nc2cc(Cl)cc(Cl)c2)cc(C2CC2)n1. The molecular weight excluding hydrogens is 331 g/mol. The molecule has 0 spiro atoms. The summed E-state index contributed by atoms with van der Waals surface area (Å²) in [7, 11) is 0. The van der Waals surface area contributed by atoms with Gasteiger partial charge in [-0.05, 0) is 51.8 Å². The first-order chi connectivity index (χ1) is 10.8. The van der Waals surface area contributed by atoms with Crippen molar-refractivity contribution in [3.8, 4) is 0 Å². The quantitative estimate of drug-likeness (QED) is 0.751. The van der Waals surface area contributed by atoms with Gasteiger partial charge in [0.25, 0.3) is 0 Å². The van der Waals surface area contributed by atoms with Crippen molar-refractivity contribution in [1.82, 2.24) is 9.97 Å². The Morgan fingerprint density at radius 1 is 1.00 bits per heavy atom. The average Bonchev–Trinajstić information content (AvgIpc) is 3.18. The molecule has 1 aliphatic rings. The van der Waals surface area contributed by atoms with E-state index in [2.05, 4.69) is 41.4 Å². The number of nitrogens with one attached hydrogen (secondary N) is 2. The minimum atomic E-state index is -0.0984. The number of benzene rings is 1. The van der Waals surface area contributed by atoms with E-state index in [9.17, 15) is 0 Å². The molecular formula is C17H20Cl2N4. The Labute approximate surface area is 146 Å². The predicted octanol–water partition coefficient (Wildman–Crippen LogP) is 5.61. The maximum absolute atomic E-state index is 6.06. The topological polar surface area (TPSA) is 49.8 Å². The zero-order chi connectivity index (χ0) is 16.6. The molecule has 1 fully saturated rings. The van der Waals surface area contributed by atoms with Gasteiger partial charge in [0.2, 0.25) is 5.95 Å². The molecule has 1 heterocycles. The fourth-order valence-corrected chi connectivity index (χ4v) is 2.81. The standard InChI is InChI=1S/C17H20Cl2N4/c1-17(2,3)23-16-21-14(10-4-5-10)9-15(22-16)20-13-7-11(18)6-12(19)8-13/h6-10H,4-5H2,1-3H3,(H2,20,21,22,23). The summed E-state index contributed by atoms with van der Waals surface area (Å²) in [6.45, 7) is 6.26. The normalized spacial score (nSPS) is 14.7. The molecule has 1 aromatic carbocycles. The summed E-state index contributed by atoms with van der Waals surface area (Å²) in [5.41, 5.74) is 1.78. The Balaban J connectivity index is 1.90. The third kappa shape index (κ3) is 4.72. The zero-order valence-corrected chi connectivity index (χ0v) is 15.0. The van der Waals surface area contributed by atoms with Crippen LogP contribution in [-0.2, 0) is 0 Å². The number of hydrogen-bond acceptors (Lipinski definition) is 4. The Bertz CT molecular complexity index is 701. The highest BCUT2D eigenvalue weighted by Crippen LogP contribution is 2.40. The summed E-state index contributed by atoms with van der Waals surface area (Å²) in [6.07, 6.45) is 2.38. The fraction of sp³-hybridized carbons (Fsp3) is 0.412. The minimum absolute atomic E-state index is 0.0984. The fourth-order valence-electron chi connectivity index (χ4n) is 2.28. The van der Waals surface area contributed by atoms with Crippen molar-refractivity contribution in [2.24, 2.45) is 0 Å². The third-order valence-corrected chi connectivity index (χ3v) is 3.80. The van der Waals surface area contributed by atoms with Gasteiger partial charge in [0.1, 0.15) is 5.82 Å². The van der Waals surface area contributed by atoms with Crippen LogP contribution in [0, 0.1) is 0 Å². The maximum Gasteiger partial charge on any atom is 0.225 e. The Kier molecular flexibility index (Phi) is 4.39. The second-order valence-electron chi connectivity index (χ2n) is 6.93. The first-order valence-electron chi connectivity index (χ1n) is 7.69. The highest BCUT2D eigenvalue weighted by atomic mass is 35.5. The highest BCUT2D eigenvalue weighted by molar-refractivity contribution is 6.35. The third-order valence-electron chi connectivity index (χ3n) is 3.36. The molecule has 0 aliphatic heterocycles. The molecule has 1 saturated carbocycles. The second-order valence-corrected chi connectivity index (χ2v) is 7.81. The van der Waals surface area contributed by atoms with Crippen LogP contribution >= 0.6 is 23.2 Å². The van der Waals surface area contributed by atoms with Gasteiger partial charge in [-0.1, -0.05) is 23.2 Å². The average molecular weight is 351 g/mol. The van der Waals surface area contributed by atoms with Crippen molar-refractivity contribution in [3.63, 3.8) is 0 Å². The van der Waals surface area contributed by atoms with Crippen LogP contribution in [0.1, 0.15) is 45.2 Å². The van der Waals surface area contributed by atoms with E-state index < -0.39 is 0 Å². The van der Waals surface area contributed by atoms with Crippen molar-refractivity contribution >= 4 is 40.7 Å². The number of aromatic nitrogens is 2. The molecule has 0 atom stereocenters. The van der Waals surface area contributed by atoms with E-state index in [0.29, 0.717) is 21.9 Å². The van der Waals surface area contributed by atoms with Crippen LogP contribution in [0.2, 0.25) is 10.0 Å². The maximum atomic E-state index is 6.06. The van der Waals surface area contributed by atoms with Gasteiger partial charge in [0.05, 0.1) is 5.69 Å². The molecule has 1 aromatic heterocycles. The molecule has 0 saturated heterocycles. The summed E-state index contributed by atoms with van der Waals surface area (Å²) >= 11 is 12.1. The molecule has 0 amide bonds. The summed E-state index contributed by atoms with van der Waals surface area (Å²) in [5, 5.41) is 7.79. The van der Waals surface area contributed by atoms with E-state index in [1.165, 1.54) is 12.8 Å². The van der Waals surface area contributed by atoms with Crippen molar-refractivity contribution in [2.75, 3.05) is 10.6 Å². The largest absolute Gasteiger partial charge is 0.350 e. The van der Waals surface area contributed by atoms with Gasteiger partial charge in [-0.2, -0.15) is 4.98 Å². The number of hydrogen-bond donors (Lipinski definition) is 2. The van der Waals surface area contributed by atoms with Crippen LogP contribution in [0.5, 0.6) is 0 Å². The van der Waals surface area contributed by atoms with Crippen LogP contribution in [0.25, 0.3) is 0 Å². The number of nitrogens with zero attached hydrogens (tertiary/aromatic N) is 2. The zero-order valence-electron chi connectivity index (χ0n) is 13.5. The van der Waals surface area contributed by atoms with E-state index in [1.807, 2.05) is 18.2 Å². The minimum Gasteiger partial charge on any atom is -0.350 e. The van der Waals surface area contributed by atoms with Crippen molar-refractivity contribution < 1.29 is 0 Å². The molecule has 0 unspecified atom stereocenters. The van der Waals surface area contributed by atoms with Crippen LogP contribution in [-0.4, -0.2) is 15.5 Å². The summed E-state index contributed by atoms with van der Waals surface area (Å²) in [6, 6.07) is 7.35. The lowest BCUT2D eigenvalue weighted by atomic mass is 10.1. The van der Waals surface area contributed by atoms with Gasteiger partial charge in [-0.15, -0.1) is 0 Å². The lowest BCUT2D eigenvalue weighted by Crippen LogP contribution is -2.27. The molecule has 2 N–H and O–H groups in total. The van der Waals surface area contributed by atoms with E-state index in [-0.39, 0.29) is 5.54 Å². The molecule has 2 aromatic rings. The predicted molar refractivity (Wildman–Crippen MR) is 97.1 cm³/mol. The molecule has 122 valence electrons. The lowest BCUT2D eigenvalue weighted by molar-refractivity contribution is 0.625. The van der Waals surface area contributed by atoms with Crippen LogP contribution in [0.15, 0.2) is 24.3 Å². The van der Waals surface area contributed by atoms with Crippen molar-refractivity contribution in [1.29, 1.82) is 0 Å². The number of rotatable bonds is 4. The van der Waals surface area contributed by atoms with Gasteiger partial charge in [0.15, 0.2) is 0 Å². The van der Waals surface area contributed by atoms with Gasteiger partial charge >= 0.3 is 0 Å². The molecule has 3 rings (SSSR count). The van der Waals surface area contributed by atoms with Gasteiger partial charge in [0, 0.05) is 33.3 Å². The molecule has 0 radical (unpaired) electrons. The Morgan fingerprint density at radius 2 is 1.65 bits per heavy atom. The van der Waals surface area contributed by atoms with Crippen LogP contribution in [0.4, 0.5) is 17.5 Å². The van der Waals surface area contributed by atoms with Gasteiger partial charge < -0.3 is 10.6 Å². The van der Waals surface area contributed by atoms with Crippen molar-refractivity contribution in [2.45, 2.75) is 45.1 Å². The number of halogens is 2. The monoisotopic (exact) mass is 350 g/mol. The van der Waals surface area contributed by atoms with Crippen molar-refractivity contribution in [3.05, 3.63) is 40.0 Å². The summed E-state index contributed by atoms with van der Waals surface area (Å²) < 4.78 is 0.